The maximum atomic E-state index is 6.12. The summed E-state index contributed by atoms with van der Waals surface area (Å²) in [5, 5.41) is 3.39. The third-order valence-electron chi connectivity index (χ3n) is 5.68. The summed E-state index contributed by atoms with van der Waals surface area (Å²) in [6.45, 7) is 7.67. The van der Waals surface area contributed by atoms with Crippen LogP contribution in [0.3, 0.4) is 0 Å². The summed E-state index contributed by atoms with van der Waals surface area (Å²) in [4.78, 5) is 17.8. The van der Waals surface area contributed by atoms with Crippen LogP contribution in [0.1, 0.15) is 19.8 Å². The number of nitrogens with one attached hydrogen (secondary N) is 1. The molecule has 0 aromatic carbocycles. The molecule has 0 saturated carbocycles. The van der Waals surface area contributed by atoms with Gasteiger partial charge in [0.15, 0.2) is 11.6 Å². The number of hydrogen-bond donors (Lipinski definition) is 1. The molecule has 2 fully saturated rings. The zero-order chi connectivity index (χ0) is 21.5. The number of rotatable bonds is 8. The molecule has 2 aromatic heterocycles. The van der Waals surface area contributed by atoms with Crippen LogP contribution in [0.25, 0.3) is 0 Å². The molecule has 31 heavy (non-hydrogen) atoms. The lowest BCUT2D eigenvalue weighted by Crippen LogP contribution is -2.50. The number of nitrogens with zero attached hydrogens (tertiary/aromatic N) is 5. The second kappa shape index (κ2) is 10.6. The molecular formula is C22H32N6O3. The van der Waals surface area contributed by atoms with Crippen LogP contribution < -0.4 is 24.4 Å². The van der Waals surface area contributed by atoms with Crippen LogP contribution in [-0.2, 0) is 0 Å². The van der Waals surface area contributed by atoms with E-state index in [1.165, 1.54) is 0 Å². The fraction of sp³-hybridized carbons (Fsp3) is 0.591. The van der Waals surface area contributed by atoms with E-state index in [-0.39, 0.29) is 6.10 Å². The molecule has 4 heterocycles. The highest BCUT2D eigenvalue weighted by Gasteiger charge is 2.23. The maximum Gasteiger partial charge on any atom is 0.257 e. The Morgan fingerprint density at radius 3 is 2.61 bits per heavy atom. The Bertz CT molecular complexity index is 830. The number of pyridine rings is 1. The Labute approximate surface area is 183 Å². The molecule has 168 valence electrons. The lowest BCUT2D eigenvalue weighted by molar-refractivity contribution is 0.104. The van der Waals surface area contributed by atoms with E-state index in [9.17, 15) is 0 Å². The first-order valence-electron chi connectivity index (χ1n) is 11.0. The molecule has 0 unspecified atom stereocenters. The van der Waals surface area contributed by atoms with Crippen LogP contribution in [0, 0.1) is 0 Å². The first-order chi connectivity index (χ1) is 15.2. The maximum absolute atomic E-state index is 6.12. The van der Waals surface area contributed by atoms with E-state index in [2.05, 4.69) is 44.0 Å². The highest BCUT2D eigenvalue weighted by molar-refractivity contribution is 5.49. The quantitative estimate of drug-likeness (QED) is 0.630. The third-order valence-corrected chi connectivity index (χ3v) is 5.68. The Kier molecular flexibility index (Phi) is 7.37. The van der Waals surface area contributed by atoms with Crippen LogP contribution >= 0.6 is 0 Å². The summed E-state index contributed by atoms with van der Waals surface area (Å²) in [6.07, 6.45) is 7.25. The van der Waals surface area contributed by atoms with Gasteiger partial charge >= 0.3 is 0 Å². The summed E-state index contributed by atoms with van der Waals surface area (Å²) in [5.74, 6) is 2.50. The van der Waals surface area contributed by atoms with E-state index < -0.39 is 0 Å². The molecule has 0 radical (unpaired) electrons. The molecule has 2 aromatic rings. The van der Waals surface area contributed by atoms with Gasteiger partial charge in [0.1, 0.15) is 19.3 Å². The Balaban J connectivity index is 1.31. The molecule has 4 rings (SSSR count). The summed E-state index contributed by atoms with van der Waals surface area (Å²) in [6, 6.07) is 4.07. The van der Waals surface area contributed by atoms with Gasteiger partial charge in [-0.05, 0) is 38.9 Å². The van der Waals surface area contributed by atoms with Gasteiger partial charge in [0.25, 0.3) is 11.8 Å². The summed E-state index contributed by atoms with van der Waals surface area (Å²) in [7, 11) is 2.14. The van der Waals surface area contributed by atoms with Crippen LogP contribution in [0.4, 0.5) is 5.82 Å². The molecule has 1 atom stereocenters. The monoisotopic (exact) mass is 428 g/mol. The second-order valence-electron chi connectivity index (χ2n) is 8.06. The molecule has 9 heteroatoms. The highest BCUT2D eigenvalue weighted by atomic mass is 16.5. The predicted molar refractivity (Wildman–Crippen MR) is 118 cm³/mol. The lowest BCUT2D eigenvalue weighted by atomic mass is 10.1. The molecule has 0 aliphatic carbocycles. The smallest absolute Gasteiger partial charge is 0.257 e. The number of aromatic nitrogens is 3. The summed E-state index contributed by atoms with van der Waals surface area (Å²) in [5.41, 5.74) is 0. The van der Waals surface area contributed by atoms with Gasteiger partial charge in [0, 0.05) is 57.4 Å². The fourth-order valence-corrected chi connectivity index (χ4v) is 3.90. The standard InChI is InChI=1S/C22H32N6O3/c1-17-16-23-10-13-28(17)20-22(26-9-8-24-20)30-15-14-29-19-4-3-7-25-21(19)31-18-5-11-27(2)12-6-18/h3-4,7-9,17-18,23H,5-6,10-16H2,1-2H3/t17-/m1/s1. The normalized spacial score (nSPS) is 20.5. The van der Waals surface area contributed by atoms with Gasteiger partial charge in [-0.1, -0.05) is 0 Å². The number of piperidine rings is 1. The van der Waals surface area contributed by atoms with Gasteiger partial charge in [-0.25, -0.2) is 15.0 Å². The number of likely N-dealkylation sites (tertiary alicyclic amines) is 1. The van der Waals surface area contributed by atoms with Gasteiger partial charge in [-0.3, -0.25) is 0 Å². The average Bonchev–Trinajstić information content (AvgIpc) is 2.80. The van der Waals surface area contributed by atoms with Crippen molar-refractivity contribution < 1.29 is 14.2 Å². The van der Waals surface area contributed by atoms with Crippen molar-refractivity contribution in [1.82, 2.24) is 25.2 Å². The molecule has 2 aliphatic heterocycles. The minimum atomic E-state index is 0.174. The van der Waals surface area contributed by atoms with Crippen molar-refractivity contribution in [2.24, 2.45) is 0 Å². The van der Waals surface area contributed by atoms with Crippen molar-refractivity contribution in [1.29, 1.82) is 0 Å². The van der Waals surface area contributed by atoms with Crippen LogP contribution in [0.15, 0.2) is 30.7 Å². The van der Waals surface area contributed by atoms with E-state index in [0.717, 1.165) is 51.4 Å². The molecule has 0 spiro atoms. The third kappa shape index (κ3) is 5.74. The Morgan fingerprint density at radius 2 is 1.77 bits per heavy atom. The van der Waals surface area contributed by atoms with E-state index in [4.69, 9.17) is 14.2 Å². The van der Waals surface area contributed by atoms with Gasteiger partial charge in [-0.2, -0.15) is 0 Å². The number of ether oxygens (including phenoxy) is 3. The zero-order valence-corrected chi connectivity index (χ0v) is 18.4. The van der Waals surface area contributed by atoms with E-state index in [1.807, 2.05) is 12.1 Å². The summed E-state index contributed by atoms with van der Waals surface area (Å²) >= 11 is 0. The molecular weight excluding hydrogens is 396 g/mol. The Morgan fingerprint density at radius 1 is 1.00 bits per heavy atom. The molecule has 0 amide bonds. The largest absolute Gasteiger partial charge is 0.484 e. The first kappa shape index (κ1) is 21.6. The van der Waals surface area contributed by atoms with Crippen LogP contribution in [0.2, 0.25) is 0 Å². The van der Waals surface area contributed by atoms with Crippen molar-refractivity contribution in [3.63, 3.8) is 0 Å². The van der Waals surface area contributed by atoms with Crippen molar-refractivity contribution in [2.45, 2.75) is 31.9 Å². The van der Waals surface area contributed by atoms with Crippen molar-refractivity contribution in [3.8, 4) is 17.5 Å². The lowest BCUT2D eigenvalue weighted by Gasteiger charge is -2.35. The Hall–Kier alpha value is -2.65. The second-order valence-corrected chi connectivity index (χ2v) is 8.06. The van der Waals surface area contributed by atoms with E-state index >= 15 is 0 Å². The topological polar surface area (TPSA) is 84.9 Å². The number of piperazine rings is 1. The van der Waals surface area contributed by atoms with Crippen LogP contribution in [0.5, 0.6) is 17.5 Å². The fourth-order valence-electron chi connectivity index (χ4n) is 3.90. The predicted octanol–water partition coefficient (Wildman–Crippen LogP) is 1.60. The van der Waals surface area contributed by atoms with Crippen molar-refractivity contribution in [2.75, 3.05) is 57.9 Å². The molecule has 1 N–H and O–H groups in total. The van der Waals surface area contributed by atoms with Gasteiger partial charge in [0.05, 0.1) is 0 Å². The number of anilines is 1. The highest BCUT2D eigenvalue weighted by Crippen LogP contribution is 2.28. The minimum absolute atomic E-state index is 0.174. The van der Waals surface area contributed by atoms with Crippen molar-refractivity contribution in [3.05, 3.63) is 30.7 Å². The van der Waals surface area contributed by atoms with Gasteiger partial charge < -0.3 is 29.3 Å². The van der Waals surface area contributed by atoms with Crippen molar-refractivity contribution >= 4 is 5.82 Å². The van der Waals surface area contributed by atoms with Gasteiger partial charge in [0.2, 0.25) is 0 Å². The van der Waals surface area contributed by atoms with E-state index in [0.29, 0.717) is 36.8 Å². The number of hydrogen-bond acceptors (Lipinski definition) is 9. The molecule has 0 bridgehead atoms. The van der Waals surface area contributed by atoms with E-state index in [1.54, 1.807) is 18.6 Å². The molecule has 2 aliphatic rings. The summed E-state index contributed by atoms with van der Waals surface area (Å²) < 4.78 is 18.0. The van der Waals surface area contributed by atoms with Crippen LogP contribution in [-0.4, -0.2) is 85.0 Å². The average molecular weight is 429 g/mol. The zero-order valence-electron chi connectivity index (χ0n) is 18.4. The first-order valence-corrected chi connectivity index (χ1v) is 11.0. The van der Waals surface area contributed by atoms with Gasteiger partial charge in [-0.15, -0.1) is 0 Å². The SMILES string of the molecule is C[C@@H]1CNCCN1c1nccnc1OCCOc1cccnc1OC1CCN(C)CC1. The molecule has 2 saturated heterocycles. The molecule has 9 nitrogen and oxygen atoms in total. The minimum Gasteiger partial charge on any atom is -0.484 e.